The fraction of sp³-hybridized carbons (Fsp3) is 0.286. The summed E-state index contributed by atoms with van der Waals surface area (Å²) in [7, 11) is 0. The molecule has 190 valence electrons. The van der Waals surface area contributed by atoms with Gasteiger partial charge in [-0.3, -0.25) is 14.6 Å². The maximum atomic E-state index is 12.6. The van der Waals surface area contributed by atoms with Crippen LogP contribution in [-0.2, 0) is 17.9 Å². The third kappa shape index (κ3) is 5.52. The van der Waals surface area contributed by atoms with E-state index in [0.29, 0.717) is 25.6 Å². The molecular formula is C28H29N5O4. The predicted molar refractivity (Wildman–Crippen MR) is 137 cm³/mol. The smallest absolute Gasteiger partial charge is 0.234 e. The molecule has 2 aliphatic rings. The molecule has 0 unspecified atom stereocenters. The van der Waals surface area contributed by atoms with Crippen molar-refractivity contribution in [2.24, 2.45) is 0 Å². The van der Waals surface area contributed by atoms with Gasteiger partial charge >= 0.3 is 0 Å². The van der Waals surface area contributed by atoms with Crippen molar-refractivity contribution in [3.63, 3.8) is 0 Å². The first-order valence-corrected chi connectivity index (χ1v) is 12.5. The van der Waals surface area contributed by atoms with Crippen LogP contribution in [0.25, 0.3) is 17.1 Å². The number of carbonyl (C=O) groups is 1. The average molecular weight is 500 g/mol. The number of ether oxygens (including phenoxy) is 2. The maximum absolute atomic E-state index is 12.6. The van der Waals surface area contributed by atoms with Gasteiger partial charge in [-0.05, 0) is 42.0 Å². The number of piperazine rings is 1. The highest BCUT2D eigenvalue weighted by Gasteiger charge is 2.20. The molecule has 0 saturated carbocycles. The zero-order valence-electron chi connectivity index (χ0n) is 20.5. The predicted octanol–water partition coefficient (Wildman–Crippen LogP) is 3.30. The second kappa shape index (κ2) is 10.5. The fourth-order valence-corrected chi connectivity index (χ4v) is 4.65. The van der Waals surface area contributed by atoms with E-state index in [2.05, 4.69) is 32.3 Å². The first kappa shape index (κ1) is 23.3. The Morgan fingerprint density at radius 3 is 2.57 bits per heavy atom. The third-order valence-corrected chi connectivity index (χ3v) is 6.68. The molecule has 2 aromatic heterocycles. The first-order valence-electron chi connectivity index (χ1n) is 12.5. The summed E-state index contributed by atoms with van der Waals surface area (Å²) in [4.78, 5) is 17.2. The Morgan fingerprint density at radius 2 is 1.70 bits per heavy atom. The number of furan rings is 1. The van der Waals surface area contributed by atoms with Crippen LogP contribution < -0.4 is 14.8 Å². The quantitative estimate of drug-likeness (QED) is 0.398. The van der Waals surface area contributed by atoms with Crippen LogP contribution in [0.1, 0.15) is 11.1 Å². The Kier molecular flexibility index (Phi) is 6.62. The van der Waals surface area contributed by atoms with E-state index < -0.39 is 0 Å². The van der Waals surface area contributed by atoms with Crippen LogP contribution in [0, 0.1) is 0 Å². The number of hydrogen-bond donors (Lipinski definition) is 1. The largest absolute Gasteiger partial charge is 0.462 e. The summed E-state index contributed by atoms with van der Waals surface area (Å²) in [5, 5.41) is 7.61. The van der Waals surface area contributed by atoms with Gasteiger partial charge in [0.05, 0.1) is 18.5 Å². The van der Waals surface area contributed by atoms with Crippen LogP contribution in [0.15, 0.2) is 77.5 Å². The molecule has 1 fully saturated rings. The van der Waals surface area contributed by atoms with Gasteiger partial charge in [-0.2, -0.15) is 5.10 Å². The van der Waals surface area contributed by atoms with Crippen molar-refractivity contribution in [1.29, 1.82) is 0 Å². The van der Waals surface area contributed by atoms with E-state index in [4.69, 9.17) is 13.9 Å². The summed E-state index contributed by atoms with van der Waals surface area (Å²) in [6.07, 6.45) is 3.58. The summed E-state index contributed by atoms with van der Waals surface area (Å²) in [6.45, 7) is 5.53. The van der Waals surface area contributed by atoms with E-state index in [1.807, 2.05) is 59.4 Å². The number of benzene rings is 2. The Labute approximate surface area is 215 Å². The van der Waals surface area contributed by atoms with Gasteiger partial charge in [0, 0.05) is 51.0 Å². The van der Waals surface area contributed by atoms with Crippen molar-refractivity contribution in [3.05, 3.63) is 84.3 Å². The lowest BCUT2D eigenvalue weighted by Gasteiger charge is -2.34. The summed E-state index contributed by atoms with van der Waals surface area (Å²) in [5.74, 6) is 2.32. The number of para-hydroxylation sites is 1. The lowest BCUT2D eigenvalue weighted by atomic mass is 10.1. The zero-order valence-corrected chi connectivity index (χ0v) is 20.5. The molecule has 0 radical (unpaired) electrons. The minimum atomic E-state index is 0.0142. The van der Waals surface area contributed by atoms with Crippen molar-refractivity contribution in [2.75, 3.05) is 39.5 Å². The second-order valence-corrected chi connectivity index (χ2v) is 9.32. The van der Waals surface area contributed by atoms with Crippen LogP contribution in [0.4, 0.5) is 0 Å². The van der Waals surface area contributed by atoms with Crippen LogP contribution in [0.2, 0.25) is 0 Å². The zero-order chi connectivity index (χ0) is 25.0. The van der Waals surface area contributed by atoms with Crippen molar-refractivity contribution >= 4 is 5.91 Å². The van der Waals surface area contributed by atoms with E-state index in [9.17, 15) is 4.79 Å². The summed E-state index contributed by atoms with van der Waals surface area (Å²) < 4.78 is 18.4. The fourth-order valence-electron chi connectivity index (χ4n) is 4.65. The number of aromatic nitrogens is 2. The Bertz CT molecular complexity index is 1360. The molecule has 1 N–H and O–H groups in total. The van der Waals surface area contributed by atoms with Crippen LogP contribution >= 0.6 is 0 Å². The molecular weight excluding hydrogens is 470 g/mol. The summed E-state index contributed by atoms with van der Waals surface area (Å²) in [5.41, 5.74) is 3.86. The molecule has 4 aromatic rings. The maximum Gasteiger partial charge on any atom is 0.234 e. The third-order valence-electron chi connectivity index (χ3n) is 6.68. The van der Waals surface area contributed by atoms with Gasteiger partial charge in [-0.1, -0.05) is 24.3 Å². The van der Waals surface area contributed by atoms with Crippen LogP contribution in [-0.4, -0.2) is 65.0 Å². The van der Waals surface area contributed by atoms with Crippen molar-refractivity contribution in [1.82, 2.24) is 24.9 Å². The van der Waals surface area contributed by atoms with E-state index >= 15 is 0 Å². The molecule has 2 aliphatic heterocycles. The average Bonchev–Trinajstić information content (AvgIpc) is 3.70. The molecule has 9 heteroatoms. The van der Waals surface area contributed by atoms with E-state index in [-0.39, 0.29) is 5.91 Å². The van der Waals surface area contributed by atoms with Gasteiger partial charge in [0.25, 0.3) is 0 Å². The highest BCUT2D eigenvalue weighted by molar-refractivity contribution is 5.78. The van der Waals surface area contributed by atoms with Gasteiger partial charge in [0.2, 0.25) is 12.7 Å². The molecule has 0 spiro atoms. The van der Waals surface area contributed by atoms with Crippen molar-refractivity contribution < 1.29 is 18.7 Å². The van der Waals surface area contributed by atoms with Gasteiger partial charge in [0.1, 0.15) is 5.69 Å². The highest BCUT2D eigenvalue weighted by Crippen LogP contribution is 2.32. The van der Waals surface area contributed by atoms with E-state index in [1.54, 1.807) is 6.26 Å². The number of carbonyl (C=O) groups excluding carboxylic acids is 1. The number of amides is 1. The Morgan fingerprint density at radius 1 is 0.892 bits per heavy atom. The topological polar surface area (TPSA) is 85.0 Å². The molecule has 4 heterocycles. The molecule has 0 bridgehead atoms. The summed E-state index contributed by atoms with van der Waals surface area (Å²) in [6, 6.07) is 19.9. The monoisotopic (exact) mass is 499 g/mol. The Hall–Kier alpha value is -4.08. The molecule has 0 atom stereocenters. The van der Waals surface area contributed by atoms with E-state index in [1.165, 1.54) is 5.56 Å². The normalized spacial score (nSPS) is 15.7. The number of nitrogens with one attached hydrogen (secondary N) is 1. The molecule has 0 aliphatic carbocycles. The SMILES string of the molecule is O=C(CN1CCN(Cc2ccc3c(c2)OCO3)CC1)NCc1coc(-c2ccn(-c3ccccc3)n2)c1. The number of fused-ring (bicyclic) bond motifs is 1. The van der Waals surface area contributed by atoms with Gasteiger partial charge in [0.15, 0.2) is 17.3 Å². The Balaban J connectivity index is 0.945. The van der Waals surface area contributed by atoms with Crippen LogP contribution in [0.3, 0.4) is 0 Å². The van der Waals surface area contributed by atoms with Crippen LogP contribution in [0.5, 0.6) is 11.5 Å². The minimum absolute atomic E-state index is 0.0142. The van der Waals surface area contributed by atoms with Gasteiger partial charge in [-0.15, -0.1) is 0 Å². The van der Waals surface area contributed by atoms with E-state index in [0.717, 1.165) is 61.2 Å². The van der Waals surface area contributed by atoms with Gasteiger partial charge in [-0.25, -0.2) is 4.68 Å². The standard InChI is InChI=1S/C28H29N5O4/c34-28(18-32-12-10-31(11-13-32)17-21-6-7-25-27(14-21)37-20-36-25)29-16-22-15-26(35-19-22)24-8-9-33(30-24)23-4-2-1-3-5-23/h1-9,14-15,19H,10-13,16-18,20H2,(H,29,34). The molecule has 9 nitrogen and oxygen atoms in total. The second-order valence-electron chi connectivity index (χ2n) is 9.32. The number of rotatable bonds is 8. The minimum Gasteiger partial charge on any atom is -0.462 e. The molecule has 37 heavy (non-hydrogen) atoms. The lowest BCUT2D eigenvalue weighted by Crippen LogP contribution is -2.49. The summed E-state index contributed by atoms with van der Waals surface area (Å²) >= 11 is 0. The number of hydrogen-bond acceptors (Lipinski definition) is 7. The lowest BCUT2D eigenvalue weighted by molar-refractivity contribution is -0.122. The highest BCUT2D eigenvalue weighted by atomic mass is 16.7. The molecule has 2 aromatic carbocycles. The van der Waals surface area contributed by atoms with Crippen molar-refractivity contribution in [2.45, 2.75) is 13.1 Å². The molecule has 6 rings (SSSR count). The number of nitrogens with zero attached hydrogens (tertiary/aromatic N) is 4. The van der Waals surface area contributed by atoms with Gasteiger partial charge < -0.3 is 19.2 Å². The molecule has 1 saturated heterocycles. The first-order chi connectivity index (χ1) is 18.2. The van der Waals surface area contributed by atoms with Crippen molar-refractivity contribution in [3.8, 4) is 28.6 Å². The molecule has 1 amide bonds.